The van der Waals surface area contributed by atoms with Gasteiger partial charge in [0.25, 0.3) is 0 Å². The Morgan fingerprint density at radius 3 is 2.60 bits per heavy atom. The monoisotopic (exact) mass is 361 g/mol. The number of rotatable bonds is 4. The molecule has 0 spiro atoms. The van der Waals surface area contributed by atoms with Crippen molar-refractivity contribution < 1.29 is 13.2 Å². The second-order valence-corrected chi connectivity index (χ2v) is 9.14. The van der Waals surface area contributed by atoms with E-state index in [1.54, 1.807) is 4.31 Å². The van der Waals surface area contributed by atoms with Crippen LogP contribution < -0.4 is 5.32 Å². The van der Waals surface area contributed by atoms with E-state index in [1.165, 1.54) is 6.26 Å². The minimum Gasteiger partial charge on any atom is -0.361 e. The highest BCUT2D eigenvalue weighted by Gasteiger charge is 2.45. The summed E-state index contributed by atoms with van der Waals surface area (Å²) in [6.45, 7) is 0. The second kappa shape index (κ2) is 6.14. The molecular weight excluding hydrogens is 338 g/mol. The lowest BCUT2D eigenvalue weighted by molar-refractivity contribution is -0.121. The number of sulfonamides is 1. The van der Waals surface area contributed by atoms with Gasteiger partial charge < -0.3 is 10.3 Å². The van der Waals surface area contributed by atoms with Crippen molar-refractivity contribution in [1.29, 1.82) is 0 Å². The lowest BCUT2D eigenvalue weighted by Gasteiger charge is -2.37. The van der Waals surface area contributed by atoms with E-state index in [0.29, 0.717) is 19.3 Å². The maximum Gasteiger partial charge on any atom is 0.224 e. The van der Waals surface area contributed by atoms with Crippen molar-refractivity contribution in [3.8, 4) is 0 Å². The lowest BCUT2D eigenvalue weighted by atomic mass is 9.99. The molecule has 6 nitrogen and oxygen atoms in total. The second-order valence-electron chi connectivity index (χ2n) is 7.25. The quantitative estimate of drug-likeness (QED) is 0.871. The average Bonchev–Trinajstić information content (AvgIpc) is 3.07. The predicted molar refractivity (Wildman–Crippen MR) is 96.7 cm³/mol. The highest BCUT2D eigenvalue weighted by atomic mass is 32.2. The molecule has 0 aliphatic carbocycles. The Balaban J connectivity index is 1.41. The first kappa shape index (κ1) is 16.6. The van der Waals surface area contributed by atoms with E-state index >= 15 is 0 Å². The van der Waals surface area contributed by atoms with Gasteiger partial charge in [-0.15, -0.1) is 0 Å². The van der Waals surface area contributed by atoms with E-state index < -0.39 is 10.0 Å². The molecule has 0 radical (unpaired) electrons. The van der Waals surface area contributed by atoms with Gasteiger partial charge in [0, 0.05) is 35.2 Å². The smallest absolute Gasteiger partial charge is 0.224 e. The maximum absolute atomic E-state index is 12.5. The van der Waals surface area contributed by atoms with E-state index in [9.17, 15) is 13.2 Å². The molecule has 2 N–H and O–H groups in total. The van der Waals surface area contributed by atoms with Crippen molar-refractivity contribution >= 4 is 26.8 Å². The first-order valence-electron chi connectivity index (χ1n) is 8.74. The molecule has 2 atom stereocenters. The molecule has 2 saturated heterocycles. The van der Waals surface area contributed by atoms with Gasteiger partial charge in [-0.05, 0) is 37.3 Å². The van der Waals surface area contributed by atoms with Crippen LogP contribution in [0, 0.1) is 0 Å². The molecular formula is C18H23N3O3S. The normalized spacial score (nSPS) is 26.8. The van der Waals surface area contributed by atoms with Crippen LogP contribution in [-0.2, 0) is 21.2 Å². The summed E-state index contributed by atoms with van der Waals surface area (Å²) in [5.74, 6) is 0.00181. The zero-order chi connectivity index (χ0) is 17.6. The molecule has 3 heterocycles. The Morgan fingerprint density at radius 1 is 1.24 bits per heavy atom. The molecule has 2 aromatic rings. The fourth-order valence-electron chi connectivity index (χ4n) is 4.52. The Morgan fingerprint density at radius 2 is 1.92 bits per heavy atom. The van der Waals surface area contributed by atoms with Crippen molar-refractivity contribution in [2.75, 3.05) is 6.26 Å². The molecule has 1 aromatic carbocycles. The molecule has 7 heteroatoms. The molecule has 2 bridgehead atoms. The van der Waals surface area contributed by atoms with E-state index in [2.05, 4.69) is 10.3 Å². The van der Waals surface area contributed by atoms with E-state index in [1.807, 2.05) is 30.5 Å². The minimum atomic E-state index is -3.16. The average molecular weight is 361 g/mol. The number of fused-ring (bicyclic) bond motifs is 3. The van der Waals surface area contributed by atoms with E-state index in [-0.39, 0.29) is 24.0 Å². The first-order chi connectivity index (χ1) is 11.9. The Kier molecular flexibility index (Phi) is 4.08. The molecule has 1 aromatic heterocycles. The zero-order valence-electron chi connectivity index (χ0n) is 14.2. The van der Waals surface area contributed by atoms with Crippen LogP contribution in [-0.4, -0.2) is 48.0 Å². The van der Waals surface area contributed by atoms with Gasteiger partial charge in [0.05, 0.1) is 12.7 Å². The van der Waals surface area contributed by atoms with Crippen LogP contribution in [0.4, 0.5) is 0 Å². The Bertz CT molecular complexity index is 891. The van der Waals surface area contributed by atoms with Crippen LogP contribution in [0.15, 0.2) is 30.5 Å². The molecule has 2 unspecified atom stereocenters. The van der Waals surface area contributed by atoms with Gasteiger partial charge in [-0.2, -0.15) is 4.31 Å². The summed E-state index contributed by atoms with van der Waals surface area (Å²) < 4.78 is 25.6. The summed E-state index contributed by atoms with van der Waals surface area (Å²) >= 11 is 0. The summed E-state index contributed by atoms with van der Waals surface area (Å²) in [6, 6.07) is 8.08. The van der Waals surface area contributed by atoms with Gasteiger partial charge in [-0.1, -0.05) is 18.2 Å². The summed E-state index contributed by atoms with van der Waals surface area (Å²) in [7, 11) is -3.16. The summed E-state index contributed by atoms with van der Waals surface area (Å²) in [6.07, 6.45) is 6.73. The highest BCUT2D eigenvalue weighted by molar-refractivity contribution is 7.88. The number of carbonyl (C=O) groups excluding carboxylic acids is 1. The largest absolute Gasteiger partial charge is 0.361 e. The van der Waals surface area contributed by atoms with Crippen molar-refractivity contribution in [3.05, 3.63) is 36.0 Å². The van der Waals surface area contributed by atoms with Crippen LogP contribution >= 0.6 is 0 Å². The van der Waals surface area contributed by atoms with Crippen LogP contribution in [0.2, 0.25) is 0 Å². The van der Waals surface area contributed by atoms with Crippen molar-refractivity contribution in [2.45, 2.75) is 50.2 Å². The van der Waals surface area contributed by atoms with E-state index in [4.69, 9.17) is 0 Å². The fraction of sp³-hybridized carbons (Fsp3) is 0.500. The number of amides is 1. The van der Waals surface area contributed by atoms with Crippen molar-refractivity contribution in [3.63, 3.8) is 0 Å². The number of benzene rings is 1. The number of hydrogen-bond acceptors (Lipinski definition) is 3. The number of nitrogens with zero attached hydrogens (tertiary/aromatic N) is 1. The molecule has 2 aliphatic rings. The highest BCUT2D eigenvalue weighted by Crippen LogP contribution is 2.37. The van der Waals surface area contributed by atoms with Crippen LogP contribution in [0.1, 0.15) is 31.2 Å². The standard InChI is InChI=1S/C18H23N3O3S/c1-25(23,24)21-14-6-7-15(21)10-13(9-14)20-18(22)8-12-11-19-17-5-3-2-4-16(12)17/h2-5,11,13-15,19H,6-10H2,1H3,(H,20,22). The maximum atomic E-state index is 12.5. The third-order valence-corrected chi connectivity index (χ3v) is 6.80. The number of piperidine rings is 1. The summed E-state index contributed by atoms with van der Waals surface area (Å²) in [5.41, 5.74) is 2.02. The number of carbonyl (C=O) groups is 1. The minimum absolute atomic E-state index is 0.00181. The predicted octanol–water partition coefficient (Wildman–Crippen LogP) is 1.78. The van der Waals surface area contributed by atoms with Crippen LogP contribution in [0.3, 0.4) is 0 Å². The van der Waals surface area contributed by atoms with Gasteiger partial charge in [0.15, 0.2) is 0 Å². The van der Waals surface area contributed by atoms with Crippen LogP contribution in [0.5, 0.6) is 0 Å². The number of aromatic nitrogens is 1. The summed E-state index contributed by atoms with van der Waals surface area (Å²) in [4.78, 5) is 15.7. The topological polar surface area (TPSA) is 82.3 Å². The zero-order valence-corrected chi connectivity index (χ0v) is 15.1. The van der Waals surface area contributed by atoms with Crippen molar-refractivity contribution in [2.24, 2.45) is 0 Å². The third-order valence-electron chi connectivity index (χ3n) is 5.44. The van der Waals surface area contributed by atoms with Crippen molar-refractivity contribution in [1.82, 2.24) is 14.6 Å². The molecule has 25 heavy (non-hydrogen) atoms. The van der Waals surface area contributed by atoms with Crippen LogP contribution in [0.25, 0.3) is 10.9 Å². The molecule has 1 amide bonds. The third kappa shape index (κ3) is 3.18. The van der Waals surface area contributed by atoms with Gasteiger partial charge in [-0.25, -0.2) is 8.42 Å². The number of hydrogen-bond donors (Lipinski definition) is 2. The molecule has 134 valence electrons. The summed E-state index contributed by atoms with van der Waals surface area (Å²) in [5, 5.41) is 4.19. The Hall–Kier alpha value is -1.86. The number of H-pyrrole nitrogens is 1. The lowest BCUT2D eigenvalue weighted by Crippen LogP contribution is -2.52. The number of para-hydroxylation sites is 1. The SMILES string of the molecule is CS(=O)(=O)N1C2CCC1CC(NC(=O)Cc1c[nH]c3ccccc13)C2. The first-order valence-corrected chi connectivity index (χ1v) is 10.6. The number of aromatic amines is 1. The van der Waals surface area contributed by atoms with Gasteiger partial charge >= 0.3 is 0 Å². The molecule has 0 saturated carbocycles. The Labute approximate surface area is 147 Å². The fourth-order valence-corrected chi connectivity index (χ4v) is 5.99. The molecule has 2 fully saturated rings. The number of nitrogens with one attached hydrogen (secondary N) is 2. The van der Waals surface area contributed by atoms with Gasteiger partial charge in [0.1, 0.15) is 0 Å². The molecule has 2 aliphatic heterocycles. The molecule has 4 rings (SSSR count). The van der Waals surface area contributed by atoms with Gasteiger partial charge in [0.2, 0.25) is 15.9 Å². The van der Waals surface area contributed by atoms with E-state index in [0.717, 1.165) is 29.3 Å². The van der Waals surface area contributed by atoms with Gasteiger partial charge in [-0.3, -0.25) is 4.79 Å².